The number of rotatable bonds is 3. The maximum Gasteiger partial charge on any atom is 0.345 e. The summed E-state index contributed by atoms with van der Waals surface area (Å²) >= 11 is 6.09. The lowest BCUT2D eigenvalue weighted by molar-refractivity contribution is 0.0734. The van der Waals surface area contributed by atoms with E-state index in [1.807, 2.05) is 42.1 Å². The number of benzene rings is 3. The Morgan fingerprint density at radius 1 is 1.09 bits per heavy atom. The number of ketones is 1. The SMILES string of the molecule is Cc1cc(OC(=O)c2ccccc2Cl)cc2c1C(=O)/C(=C/c1cn(C)c3ccccc13)O2. The molecule has 0 radical (unpaired) electrons. The predicted molar refractivity (Wildman–Crippen MR) is 123 cm³/mol. The molecule has 2 heterocycles. The highest BCUT2D eigenvalue weighted by Crippen LogP contribution is 2.38. The second-order valence-corrected chi connectivity index (χ2v) is 8.04. The zero-order valence-corrected chi connectivity index (χ0v) is 18.1. The van der Waals surface area contributed by atoms with Gasteiger partial charge in [-0.2, -0.15) is 0 Å². The molecule has 3 aromatic carbocycles. The number of halogens is 1. The standard InChI is InChI=1S/C26H18ClNO4/c1-15-11-17(31-26(30)19-8-3-5-9-20(19)27)13-22-24(15)25(29)23(32-22)12-16-14-28(2)21-10-6-4-7-18(16)21/h3-14H,1-2H3/b23-12-. The number of nitrogens with zero attached hydrogens (tertiary/aromatic N) is 1. The highest BCUT2D eigenvalue weighted by atomic mass is 35.5. The first-order valence-electron chi connectivity index (χ1n) is 10.0. The van der Waals surface area contributed by atoms with E-state index in [1.54, 1.807) is 49.4 Å². The summed E-state index contributed by atoms with van der Waals surface area (Å²) in [4.78, 5) is 25.6. The van der Waals surface area contributed by atoms with E-state index in [9.17, 15) is 9.59 Å². The van der Waals surface area contributed by atoms with Crippen LogP contribution in [0.4, 0.5) is 0 Å². The Morgan fingerprint density at radius 2 is 1.84 bits per heavy atom. The number of aromatic nitrogens is 1. The molecule has 158 valence electrons. The number of aryl methyl sites for hydroxylation is 2. The minimum absolute atomic E-state index is 0.200. The largest absolute Gasteiger partial charge is 0.452 e. The minimum Gasteiger partial charge on any atom is -0.452 e. The molecule has 1 aliphatic rings. The summed E-state index contributed by atoms with van der Waals surface area (Å²) in [6.07, 6.45) is 3.71. The molecule has 1 aromatic heterocycles. The van der Waals surface area contributed by atoms with Crippen LogP contribution in [0.2, 0.25) is 5.02 Å². The molecule has 0 spiro atoms. The van der Waals surface area contributed by atoms with Gasteiger partial charge in [0.05, 0.1) is 16.1 Å². The number of carbonyl (C=O) groups excluding carboxylic acids is 2. The zero-order valence-electron chi connectivity index (χ0n) is 17.4. The van der Waals surface area contributed by atoms with E-state index in [0.29, 0.717) is 21.9 Å². The third-order valence-electron chi connectivity index (χ3n) is 5.46. The number of allylic oxidation sites excluding steroid dienone is 1. The monoisotopic (exact) mass is 443 g/mol. The van der Waals surface area contributed by atoms with E-state index < -0.39 is 5.97 Å². The van der Waals surface area contributed by atoms with Crippen molar-refractivity contribution in [3.63, 3.8) is 0 Å². The topological polar surface area (TPSA) is 57.5 Å². The van der Waals surface area contributed by atoms with E-state index in [1.165, 1.54) is 0 Å². The summed E-state index contributed by atoms with van der Waals surface area (Å²) in [5.74, 6) is 0.100. The Labute approximate surface area is 189 Å². The average molecular weight is 444 g/mol. The Morgan fingerprint density at radius 3 is 2.66 bits per heavy atom. The van der Waals surface area contributed by atoms with Gasteiger partial charge in [0, 0.05) is 35.8 Å². The van der Waals surface area contributed by atoms with Gasteiger partial charge < -0.3 is 14.0 Å². The van der Waals surface area contributed by atoms with Crippen molar-refractivity contribution in [2.45, 2.75) is 6.92 Å². The van der Waals surface area contributed by atoms with Crippen LogP contribution in [0.15, 0.2) is 72.6 Å². The smallest absolute Gasteiger partial charge is 0.345 e. The van der Waals surface area contributed by atoms with Gasteiger partial charge in [0.15, 0.2) is 5.76 Å². The molecule has 0 unspecified atom stereocenters. The molecular weight excluding hydrogens is 426 g/mol. The van der Waals surface area contributed by atoms with Gasteiger partial charge in [-0.15, -0.1) is 0 Å². The minimum atomic E-state index is -0.578. The molecule has 4 aromatic rings. The lowest BCUT2D eigenvalue weighted by Crippen LogP contribution is -2.09. The Hall–Kier alpha value is -3.83. The van der Waals surface area contributed by atoms with Crippen LogP contribution in [0.25, 0.3) is 17.0 Å². The van der Waals surface area contributed by atoms with Crippen LogP contribution in [0.5, 0.6) is 11.5 Å². The average Bonchev–Trinajstić information content (AvgIpc) is 3.25. The first kappa shape index (κ1) is 20.1. The van der Waals surface area contributed by atoms with Gasteiger partial charge in [0.2, 0.25) is 5.78 Å². The van der Waals surface area contributed by atoms with Gasteiger partial charge in [-0.3, -0.25) is 4.79 Å². The van der Waals surface area contributed by atoms with Crippen LogP contribution in [0.3, 0.4) is 0 Å². The number of para-hydroxylation sites is 1. The van der Waals surface area contributed by atoms with Crippen molar-refractivity contribution in [3.05, 3.63) is 99.9 Å². The summed E-state index contributed by atoms with van der Waals surface area (Å²) in [6, 6.07) is 17.8. The highest BCUT2D eigenvalue weighted by Gasteiger charge is 2.30. The third-order valence-corrected chi connectivity index (χ3v) is 5.79. The zero-order chi connectivity index (χ0) is 22.4. The van der Waals surface area contributed by atoms with Crippen LogP contribution in [-0.2, 0) is 7.05 Å². The molecule has 0 N–H and O–H groups in total. The number of ether oxygens (including phenoxy) is 2. The third kappa shape index (κ3) is 3.37. The van der Waals surface area contributed by atoms with Gasteiger partial charge in [-0.05, 0) is 42.8 Å². The summed E-state index contributed by atoms with van der Waals surface area (Å²) < 4.78 is 13.4. The van der Waals surface area contributed by atoms with Crippen LogP contribution in [-0.4, -0.2) is 16.3 Å². The Kier molecular flexibility index (Phi) is 4.83. The molecule has 0 saturated carbocycles. The van der Waals surface area contributed by atoms with E-state index in [0.717, 1.165) is 16.5 Å². The highest BCUT2D eigenvalue weighted by molar-refractivity contribution is 6.33. The molecular formula is C26H18ClNO4. The first-order chi connectivity index (χ1) is 15.4. The van der Waals surface area contributed by atoms with Crippen LogP contribution in [0, 0.1) is 6.92 Å². The van der Waals surface area contributed by atoms with Gasteiger partial charge in [0.25, 0.3) is 0 Å². The van der Waals surface area contributed by atoms with Gasteiger partial charge in [-0.1, -0.05) is 41.9 Å². The fraction of sp³-hybridized carbons (Fsp3) is 0.0769. The van der Waals surface area contributed by atoms with Crippen molar-refractivity contribution < 1.29 is 19.1 Å². The normalized spacial score (nSPS) is 14.0. The maximum absolute atomic E-state index is 13.0. The van der Waals surface area contributed by atoms with Gasteiger partial charge in [-0.25, -0.2) is 4.79 Å². The summed E-state index contributed by atoms with van der Waals surface area (Å²) in [5.41, 5.74) is 3.35. The van der Waals surface area contributed by atoms with Crippen LogP contribution >= 0.6 is 11.6 Å². The number of Topliss-reactive ketones (excluding diaryl/α,β-unsaturated/α-hetero) is 1. The molecule has 0 amide bonds. The van der Waals surface area contributed by atoms with Gasteiger partial charge in [0.1, 0.15) is 11.5 Å². The quantitative estimate of drug-likeness (QED) is 0.222. The van der Waals surface area contributed by atoms with Crippen molar-refractivity contribution in [3.8, 4) is 11.5 Å². The summed E-state index contributed by atoms with van der Waals surface area (Å²) in [5, 5.41) is 1.34. The lowest BCUT2D eigenvalue weighted by Gasteiger charge is -2.08. The van der Waals surface area contributed by atoms with E-state index >= 15 is 0 Å². The number of hydrogen-bond acceptors (Lipinski definition) is 4. The fourth-order valence-electron chi connectivity index (χ4n) is 3.95. The molecule has 5 nitrogen and oxygen atoms in total. The fourth-order valence-corrected chi connectivity index (χ4v) is 4.17. The van der Waals surface area contributed by atoms with Gasteiger partial charge >= 0.3 is 5.97 Å². The Balaban J connectivity index is 1.47. The molecule has 0 bridgehead atoms. The van der Waals surface area contributed by atoms with E-state index in [-0.39, 0.29) is 22.9 Å². The van der Waals surface area contributed by atoms with Crippen molar-refractivity contribution in [2.75, 3.05) is 0 Å². The molecule has 5 rings (SSSR count). The van der Waals surface area contributed by atoms with Crippen molar-refractivity contribution in [1.29, 1.82) is 0 Å². The van der Waals surface area contributed by atoms with Crippen molar-refractivity contribution in [1.82, 2.24) is 4.57 Å². The molecule has 0 saturated heterocycles. The van der Waals surface area contributed by atoms with Crippen molar-refractivity contribution in [2.24, 2.45) is 7.05 Å². The molecule has 0 fully saturated rings. The second-order valence-electron chi connectivity index (χ2n) is 7.63. The molecule has 0 aliphatic carbocycles. The van der Waals surface area contributed by atoms with E-state index in [4.69, 9.17) is 21.1 Å². The summed E-state index contributed by atoms with van der Waals surface area (Å²) in [6.45, 7) is 1.79. The number of hydrogen-bond donors (Lipinski definition) is 0. The second kappa shape index (κ2) is 7.70. The molecule has 0 atom stereocenters. The predicted octanol–water partition coefficient (Wildman–Crippen LogP) is 5.98. The molecule has 32 heavy (non-hydrogen) atoms. The molecule has 1 aliphatic heterocycles. The van der Waals surface area contributed by atoms with Crippen LogP contribution < -0.4 is 9.47 Å². The molecule has 6 heteroatoms. The Bertz CT molecular complexity index is 1450. The van der Waals surface area contributed by atoms with Crippen molar-refractivity contribution >= 4 is 40.3 Å². The number of esters is 1. The number of fused-ring (bicyclic) bond motifs is 2. The van der Waals surface area contributed by atoms with E-state index in [2.05, 4.69) is 0 Å². The lowest BCUT2D eigenvalue weighted by atomic mass is 10.0. The summed E-state index contributed by atoms with van der Waals surface area (Å²) in [7, 11) is 1.96. The van der Waals surface area contributed by atoms with Crippen LogP contribution in [0.1, 0.15) is 31.8 Å². The first-order valence-corrected chi connectivity index (χ1v) is 10.4. The maximum atomic E-state index is 13.0. The number of carbonyl (C=O) groups is 2.